The Balaban J connectivity index is 1.19. The predicted octanol–water partition coefficient (Wildman–Crippen LogP) is 1.51. The molecule has 0 spiro atoms. The van der Waals surface area contributed by atoms with Crippen molar-refractivity contribution in [3.05, 3.63) is 65.7 Å². The Morgan fingerprint density at radius 3 is 2.29 bits per heavy atom. The van der Waals surface area contributed by atoms with Gasteiger partial charge in [0.25, 0.3) is 0 Å². The van der Waals surface area contributed by atoms with Gasteiger partial charge in [-0.15, -0.1) is 0 Å². The lowest BCUT2D eigenvalue weighted by atomic mass is 9.78. The summed E-state index contributed by atoms with van der Waals surface area (Å²) >= 11 is 0. The van der Waals surface area contributed by atoms with Crippen LogP contribution in [0.25, 0.3) is 0 Å². The molecule has 2 aromatic rings. The van der Waals surface area contributed by atoms with Crippen molar-refractivity contribution in [3.63, 3.8) is 0 Å². The first kappa shape index (κ1) is 29.3. The van der Waals surface area contributed by atoms with Crippen molar-refractivity contribution in [1.82, 2.24) is 15.0 Å². The van der Waals surface area contributed by atoms with Gasteiger partial charge in [0.2, 0.25) is 5.91 Å². The number of hydrogen-bond acceptors (Lipinski definition) is 9. The number of carbonyl (C=O) groups is 3. The van der Waals surface area contributed by atoms with E-state index in [-0.39, 0.29) is 31.1 Å². The summed E-state index contributed by atoms with van der Waals surface area (Å²) in [7, 11) is 1.13. The third kappa shape index (κ3) is 7.16. The Labute approximate surface area is 241 Å². The fraction of sp³-hybridized carbons (Fsp3) is 0.500. The lowest BCUT2D eigenvalue weighted by Crippen LogP contribution is -2.52. The monoisotopic (exact) mass is 563 g/mol. The number of carbonyl (C=O) groups excluding carboxylic acids is 3. The second-order valence-electron chi connectivity index (χ2n) is 11.2. The Bertz CT molecular complexity index is 1200. The van der Waals surface area contributed by atoms with E-state index >= 15 is 0 Å². The number of benzene rings is 2. The second-order valence-corrected chi connectivity index (χ2v) is 11.2. The predicted molar refractivity (Wildman–Crippen MR) is 152 cm³/mol. The van der Waals surface area contributed by atoms with Crippen molar-refractivity contribution in [2.75, 3.05) is 33.2 Å². The van der Waals surface area contributed by atoms with Crippen molar-refractivity contribution >= 4 is 24.9 Å². The number of rotatable bonds is 10. The molecule has 41 heavy (non-hydrogen) atoms. The Morgan fingerprint density at radius 2 is 1.63 bits per heavy atom. The van der Waals surface area contributed by atoms with Crippen LogP contribution in [-0.2, 0) is 36.9 Å². The largest absolute Gasteiger partial charge is 0.460 e. The second kappa shape index (κ2) is 13.2. The van der Waals surface area contributed by atoms with Gasteiger partial charge in [-0.05, 0) is 56.4 Å². The number of piperazine rings is 1. The zero-order valence-electron chi connectivity index (χ0n) is 23.6. The molecule has 218 valence electrons. The van der Waals surface area contributed by atoms with E-state index in [0.29, 0.717) is 18.8 Å². The van der Waals surface area contributed by atoms with Crippen LogP contribution >= 0.6 is 0 Å². The van der Waals surface area contributed by atoms with Crippen molar-refractivity contribution < 1.29 is 33.6 Å². The van der Waals surface area contributed by atoms with Gasteiger partial charge in [0.1, 0.15) is 18.4 Å². The SMILES string of the molecule is CB(O)NC(Cc1ccc(OC(=O)C2C3CCC(O3)C2C(=O)N2CCN(C)CC2)cc1)C(=O)OCc1ccccc1. The number of ether oxygens (including phenoxy) is 3. The molecule has 5 unspecified atom stereocenters. The zero-order chi connectivity index (χ0) is 28.9. The van der Waals surface area contributed by atoms with Gasteiger partial charge < -0.3 is 34.3 Å². The first-order chi connectivity index (χ1) is 19.8. The van der Waals surface area contributed by atoms with E-state index in [9.17, 15) is 19.4 Å². The fourth-order valence-electron chi connectivity index (χ4n) is 5.97. The molecule has 0 aliphatic carbocycles. The first-order valence-corrected chi connectivity index (χ1v) is 14.4. The van der Waals surface area contributed by atoms with Crippen LogP contribution in [0.15, 0.2) is 54.6 Å². The number of likely N-dealkylation sites (N-methyl/N-ethyl adjacent to an activating group) is 1. The summed E-state index contributed by atoms with van der Waals surface area (Å²) in [5.41, 5.74) is 1.67. The average Bonchev–Trinajstić information content (AvgIpc) is 3.59. The minimum Gasteiger partial charge on any atom is -0.460 e. The van der Waals surface area contributed by atoms with Crippen molar-refractivity contribution in [1.29, 1.82) is 0 Å². The molecule has 2 bridgehead atoms. The minimum atomic E-state index is -0.907. The summed E-state index contributed by atoms with van der Waals surface area (Å²) in [5, 5.41) is 12.7. The number of amides is 1. The lowest BCUT2D eigenvalue weighted by molar-refractivity contribution is -0.149. The van der Waals surface area contributed by atoms with Gasteiger partial charge in [0.15, 0.2) is 0 Å². The molecule has 5 atom stereocenters. The van der Waals surface area contributed by atoms with E-state index in [1.807, 2.05) is 42.3 Å². The van der Waals surface area contributed by atoms with Crippen molar-refractivity contribution in [2.24, 2.45) is 11.8 Å². The number of nitrogens with zero attached hydrogens (tertiary/aromatic N) is 2. The van der Waals surface area contributed by atoms with E-state index in [1.54, 1.807) is 31.1 Å². The molecule has 3 fully saturated rings. The molecule has 5 rings (SSSR count). The van der Waals surface area contributed by atoms with Crippen molar-refractivity contribution in [3.8, 4) is 5.75 Å². The number of hydrogen-bond donors (Lipinski definition) is 2. The van der Waals surface area contributed by atoms with Crippen LogP contribution in [0.3, 0.4) is 0 Å². The Kier molecular flexibility index (Phi) is 9.39. The van der Waals surface area contributed by atoms with E-state index in [4.69, 9.17) is 14.2 Å². The summed E-state index contributed by atoms with van der Waals surface area (Å²) < 4.78 is 17.2. The summed E-state index contributed by atoms with van der Waals surface area (Å²) in [6.45, 7) is 4.60. The van der Waals surface area contributed by atoms with Gasteiger partial charge in [0.05, 0.1) is 24.0 Å². The summed E-state index contributed by atoms with van der Waals surface area (Å²) in [6.07, 6.45) is 1.25. The van der Waals surface area contributed by atoms with Crippen LogP contribution in [0.1, 0.15) is 24.0 Å². The van der Waals surface area contributed by atoms with Crippen molar-refractivity contribution in [2.45, 2.75) is 50.9 Å². The third-order valence-corrected chi connectivity index (χ3v) is 8.18. The van der Waals surface area contributed by atoms with Crippen LogP contribution in [0, 0.1) is 11.8 Å². The van der Waals surface area contributed by atoms with E-state index in [0.717, 1.165) is 37.1 Å². The topological polar surface area (TPSA) is 118 Å². The summed E-state index contributed by atoms with van der Waals surface area (Å²) in [6, 6.07) is 15.5. The van der Waals surface area contributed by atoms with Gasteiger partial charge in [-0.2, -0.15) is 0 Å². The summed E-state index contributed by atoms with van der Waals surface area (Å²) in [4.78, 5) is 43.6. The molecule has 10 nitrogen and oxygen atoms in total. The van der Waals surface area contributed by atoms with Gasteiger partial charge in [-0.3, -0.25) is 14.4 Å². The molecular formula is C30H38BN3O7. The van der Waals surface area contributed by atoms with Crippen LogP contribution < -0.4 is 9.96 Å². The van der Waals surface area contributed by atoms with E-state index < -0.39 is 36.9 Å². The molecule has 0 saturated carbocycles. The van der Waals surface area contributed by atoms with Gasteiger partial charge in [-0.1, -0.05) is 42.5 Å². The molecule has 0 radical (unpaired) electrons. The average molecular weight is 563 g/mol. The normalized spacial score (nSPS) is 24.6. The lowest BCUT2D eigenvalue weighted by Gasteiger charge is -2.36. The van der Waals surface area contributed by atoms with Gasteiger partial charge in [-0.25, -0.2) is 0 Å². The van der Waals surface area contributed by atoms with Crippen LogP contribution in [0.2, 0.25) is 6.82 Å². The molecule has 3 saturated heterocycles. The highest BCUT2D eigenvalue weighted by Gasteiger charge is 2.57. The van der Waals surface area contributed by atoms with Crippen LogP contribution in [-0.4, -0.2) is 91.2 Å². The van der Waals surface area contributed by atoms with Crippen LogP contribution in [0.4, 0.5) is 0 Å². The van der Waals surface area contributed by atoms with E-state index in [1.165, 1.54) is 0 Å². The maximum Gasteiger partial charge on any atom is 0.374 e. The fourth-order valence-corrected chi connectivity index (χ4v) is 5.97. The maximum absolute atomic E-state index is 13.4. The van der Waals surface area contributed by atoms with Crippen LogP contribution in [0.5, 0.6) is 5.75 Å². The van der Waals surface area contributed by atoms with E-state index in [2.05, 4.69) is 10.1 Å². The smallest absolute Gasteiger partial charge is 0.374 e. The zero-order valence-corrected chi connectivity index (χ0v) is 23.6. The molecule has 3 aliphatic rings. The molecule has 2 aromatic carbocycles. The highest BCUT2D eigenvalue weighted by molar-refractivity contribution is 6.46. The third-order valence-electron chi connectivity index (χ3n) is 8.18. The first-order valence-electron chi connectivity index (χ1n) is 14.4. The number of fused-ring (bicyclic) bond motifs is 2. The minimum absolute atomic E-state index is 0.0154. The quantitative estimate of drug-likeness (QED) is 0.252. The molecule has 0 aromatic heterocycles. The van der Waals surface area contributed by atoms with Gasteiger partial charge in [0, 0.05) is 26.2 Å². The molecule has 1 amide bonds. The standard InChI is InChI=1S/C30H38BN3O7/c1-31(38)32-23(29(36)39-19-21-6-4-3-5-7-21)18-20-8-10-22(11-9-20)40-30(37)27-25-13-12-24(41-25)26(27)28(35)34-16-14-33(2)15-17-34/h3-11,23-27,32,38H,12-19H2,1-2H3. The molecular weight excluding hydrogens is 525 g/mol. The Morgan fingerprint density at radius 1 is 0.976 bits per heavy atom. The number of esters is 2. The Hall–Kier alpha value is -3.25. The van der Waals surface area contributed by atoms with Gasteiger partial charge >= 0.3 is 19.0 Å². The maximum atomic E-state index is 13.4. The molecule has 3 aliphatic heterocycles. The molecule has 3 heterocycles. The number of nitrogens with one attached hydrogen (secondary N) is 1. The summed E-state index contributed by atoms with van der Waals surface area (Å²) in [5.74, 6) is -1.72. The highest BCUT2D eigenvalue weighted by Crippen LogP contribution is 2.45. The molecule has 2 N–H and O–H groups in total. The highest BCUT2D eigenvalue weighted by atomic mass is 16.6. The molecule has 11 heteroatoms.